The molecule has 0 saturated carbocycles. The molecule has 0 spiro atoms. The zero-order valence-electron chi connectivity index (χ0n) is 14.2. The van der Waals surface area contributed by atoms with Crippen LogP contribution in [0.4, 0.5) is 5.69 Å². The molecule has 0 heterocycles. The minimum absolute atomic E-state index is 0.663. The molecule has 0 aliphatic heterocycles. The molecule has 0 aromatic heterocycles. The van der Waals surface area contributed by atoms with Crippen molar-refractivity contribution in [2.24, 2.45) is 0 Å². The van der Waals surface area contributed by atoms with Gasteiger partial charge in [0, 0.05) is 12.1 Å². The lowest BCUT2D eigenvalue weighted by Gasteiger charge is -2.15. The molecule has 2 aromatic carbocycles. The van der Waals surface area contributed by atoms with Gasteiger partial charge in [0.1, 0.15) is 11.5 Å². The molecule has 0 radical (unpaired) electrons. The maximum Gasteiger partial charge on any atom is 0.142 e. The minimum Gasteiger partial charge on any atom is -0.493 e. The zero-order chi connectivity index (χ0) is 16.3. The van der Waals surface area contributed by atoms with Gasteiger partial charge in [-0.25, -0.2) is 0 Å². The molecule has 3 nitrogen and oxygen atoms in total. The third kappa shape index (κ3) is 5.51. The SMILES string of the molecule is CCCCCOc1ccccc1CNc1ccccc1OCC. The Bertz CT molecular complexity index is 583. The van der Waals surface area contributed by atoms with Gasteiger partial charge in [0.05, 0.1) is 18.9 Å². The van der Waals surface area contributed by atoms with Crippen molar-refractivity contribution in [3.8, 4) is 11.5 Å². The van der Waals surface area contributed by atoms with Gasteiger partial charge in [-0.15, -0.1) is 0 Å². The van der Waals surface area contributed by atoms with Crippen LogP contribution < -0.4 is 14.8 Å². The molecule has 0 amide bonds. The van der Waals surface area contributed by atoms with Crippen molar-refractivity contribution in [2.45, 2.75) is 39.7 Å². The van der Waals surface area contributed by atoms with Crippen LogP contribution in [0.3, 0.4) is 0 Å². The average Bonchev–Trinajstić information content (AvgIpc) is 2.59. The van der Waals surface area contributed by atoms with E-state index in [0.717, 1.165) is 35.8 Å². The molecule has 124 valence electrons. The van der Waals surface area contributed by atoms with Crippen LogP contribution in [0.2, 0.25) is 0 Å². The number of para-hydroxylation sites is 3. The molecule has 0 bridgehead atoms. The van der Waals surface area contributed by atoms with Crippen LogP contribution in [0, 0.1) is 0 Å². The molecular formula is C20H27NO2. The van der Waals surface area contributed by atoms with Crippen molar-refractivity contribution in [1.29, 1.82) is 0 Å². The van der Waals surface area contributed by atoms with E-state index in [-0.39, 0.29) is 0 Å². The van der Waals surface area contributed by atoms with Gasteiger partial charge in [0.15, 0.2) is 0 Å². The number of unbranched alkanes of at least 4 members (excludes halogenated alkanes) is 2. The number of nitrogens with one attached hydrogen (secondary N) is 1. The summed E-state index contributed by atoms with van der Waals surface area (Å²) in [7, 11) is 0. The summed E-state index contributed by atoms with van der Waals surface area (Å²) < 4.78 is 11.6. The minimum atomic E-state index is 0.663. The summed E-state index contributed by atoms with van der Waals surface area (Å²) in [5.74, 6) is 1.85. The Morgan fingerprint density at radius 1 is 0.826 bits per heavy atom. The summed E-state index contributed by atoms with van der Waals surface area (Å²) >= 11 is 0. The smallest absolute Gasteiger partial charge is 0.142 e. The summed E-state index contributed by atoms with van der Waals surface area (Å²) in [6.45, 7) is 6.36. The van der Waals surface area contributed by atoms with Crippen molar-refractivity contribution >= 4 is 5.69 Å². The van der Waals surface area contributed by atoms with Crippen LogP contribution in [0.5, 0.6) is 11.5 Å². The Hall–Kier alpha value is -2.16. The average molecular weight is 313 g/mol. The van der Waals surface area contributed by atoms with E-state index in [0.29, 0.717) is 13.2 Å². The number of rotatable bonds is 10. The highest BCUT2D eigenvalue weighted by Gasteiger charge is 2.05. The van der Waals surface area contributed by atoms with E-state index in [1.54, 1.807) is 0 Å². The Kier molecular flexibility index (Phi) is 7.31. The lowest BCUT2D eigenvalue weighted by Crippen LogP contribution is -2.05. The van der Waals surface area contributed by atoms with Crippen LogP contribution in [0.15, 0.2) is 48.5 Å². The van der Waals surface area contributed by atoms with Crippen molar-refractivity contribution in [2.75, 3.05) is 18.5 Å². The molecule has 2 rings (SSSR count). The van der Waals surface area contributed by atoms with Gasteiger partial charge in [-0.05, 0) is 31.5 Å². The summed E-state index contributed by atoms with van der Waals surface area (Å²) in [6.07, 6.45) is 3.52. The Balaban J connectivity index is 1.98. The van der Waals surface area contributed by atoms with Gasteiger partial charge in [-0.3, -0.25) is 0 Å². The number of ether oxygens (including phenoxy) is 2. The summed E-state index contributed by atoms with van der Waals surface area (Å²) in [4.78, 5) is 0. The second-order valence-corrected chi connectivity index (χ2v) is 5.45. The predicted octanol–water partition coefficient (Wildman–Crippen LogP) is 5.27. The van der Waals surface area contributed by atoms with Crippen molar-refractivity contribution in [3.63, 3.8) is 0 Å². The highest BCUT2D eigenvalue weighted by atomic mass is 16.5. The first-order valence-electron chi connectivity index (χ1n) is 8.51. The van der Waals surface area contributed by atoms with Gasteiger partial charge >= 0.3 is 0 Å². The van der Waals surface area contributed by atoms with E-state index < -0.39 is 0 Å². The van der Waals surface area contributed by atoms with Gasteiger partial charge in [-0.2, -0.15) is 0 Å². The normalized spacial score (nSPS) is 10.3. The second-order valence-electron chi connectivity index (χ2n) is 5.45. The molecular weight excluding hydrogens is 286 g/mol. The molecule has 0 fully saturated rings. The van der Waals surface area contributed by atoms with E-state index >= 15 is 0 Å². The first-order valence-corrected chi connectivity index (χ1v) is 8.51. The third-order valence-electron chi connectivity index (χ3n) is 3.63. The highest BCUT2D eigenvalue weighted by Crippen LogP contribution is 2.26. The van der Waals surface area contributed by atoms with Crippen LogP contribution in [-0.2, 0) is 6.54 Å². The molecule has 23 heavy (non-hydrogen) atoms. The van der Waals surface area contributed by atoms with Crippen LogP contribution >= 0.6 is 0 Å². The van der Waals surface area contributed by atoms with Gasteiger partial charge in [0.25, 0.3) is 0 Å². The lowest BCUT2D eigenvalue weighted by molar-refractivity contribution is 0.303. The zero-order valence-corrected chi connectivity index (χ0v) is 14.2. The fourth-order valence-corrected chi connectivity index (χ4v) is 2.41. The first kappa shape index (κ1) is 17.2. The first-order chi connectivity index (χ1) is 11.3. The third-order valence-corrected chi connectivity index (χ3v) is 3.63. The molecule has 3 heteroatoms. The predicted molar refractivity (Wildman–Crippen MR) is 96.4 cm³/mol. The monoisotopic (exact) mass is 313 g/mol. The van der Waals surface area contributed by atoms with Crippen LogP contribution in [0.1, 0.15) is 38.7 Å². The Morgan fingerprint density at radius 2 is 1.57 bits per heavy atom. The second kappa shape index (κ2) is 9.78. The number of benzene rings is 2. The maximum absolute atomic E-state index is 5.93. The van der Waals surface area contributed by atoms with Gasteiger partial charge in [-0.1, -0.05) is 50.1 Å². The van der Waals surface area contributed by atoms with Crippen LogP contribution in [0.25, 0.3) is 0 Å². The molecule has 0 aliphatic carbocycles. The number of anilines is 1. The Morgan fingerprint density at radius 3 is 2.35 bits per heavy atom. The topological polar surface area (TPSA) is 30.5 Å². The number of hydrogen-bond acceptors (Lipinski definition) is 3. The summed E-state index contributed by atoms with van der Waals surface area (Å²) in [5, 5.41) is 3.45. The quantitative estimate of drug-likeness (QED) is 0.606. The molecule has 2 aromatic rings. The van der Waals surface area contributed by atoms with E-state index in [1.807, 2.05) is 49.4 Å². The van der Waals surface area contributed by atoms with Crippen molar-refractivity contribution < 1.29 is 9.47 Å². The summed E-state index contributed by atoms with van der Waals surface area (Å²) in [5.41, 5.74) is 2.17. The number of hydrogen-bond donors (Lipinski definition) is 1. The molecule has 0 aliphatic rings. The fraction of sp³-hybridized carbons (Fsp3) is 0.400. The summed E-state index contributed by atoms with van der Waals surface area (Å²) in [6, 6.07) is 16.2. The molecule has 0 unspecified atom stereocenters. The largest absolute Gasteiger partial charge is 0.493 e. The van der Waals surface area contributed by atoms with Gasteiger partial charge in [0.2, 0.25) is 0 Å². The molecule has 1 N–H and O–H groups in total. The Labute approximate surface area is 139 Å². The van der Waals surface area contributed by atoms with Gasteiger partial charge < -0.3 is 14.8 Å². The van der Waals surface area contributed by atoms with Crippen molar-refractivity contribution in [3.05, 3.63) is 54.1 Å². The molecule has 0 saturated heterocycles. The van der Waals surface area contributed by atoms with Crippen LogP contribution in [-0.4, -0.2) is 13.2 Å². The lowest BCUT2D eigenvalue weighted by atomic mass is 10.2. The fourth-order valence-electron chi connectivity index (χ4n) is 2.41. The van der Waals surface area contributed by atoms with E-state index in [1.165, 1.54) is 12.8 Å². The van der Waals surface area contributed by atoms with Crippen molar-refractivity contribution in [1.82, 2.24) is 0 Å². The molecule has 0 atom stereocenters. The standard InChI is InChI=1S/C20H27NO2/c1-3-5-10-15-23-19-13-8-6-11-17(19)16-21-18-12-7-9-14-20(18)22-4-2/h6-9,11-14,21H,3-5,10,15-16H2,1-2H3. The van der Waals surface area contributed by atoms with E-state index in [9.17, 15) is 0 Å². The highest BCUT2D eigenvalue weighted by molar-refractivity contribution is 5.56. The van der Waals surface area contributed by atoms with E-state index in [2.05, 4.69) is 18.3 Å². The van der Waals surface area contributed by atoms with E-state index in [4.69, 9.17) is 9.47 Å². The maximum atomic E-state index is 5.93.